The van der Waals surface area contributed by atoms with Gasteiger partial charge in [-0.2, -0.15) is 0 Å². The van der Waals surface area contributed by atoms with Crippen LogP contribution in [0.3, 0.4) is 0 Å². The fourth-order valence-electron chi connectivity index (χ4n) is 3.05. The van der Waals surface area contributed by atoms with Crippen LogP contribution in [0, 0.1) is 6.92 Å². The van der Waals surface area contributed by atoms with E-state index in [0.29, 0.717) is 12.4 Å². The van der Waals surface area contributed by atoms with E-state index >= 15 is 0 Å². The number of ether oxygens (including phenoxy) is 1. The molecule has 0 unspecified atom stereocenters. The molecule has 4 aromatic rings. The summed E-state index contributed by atoms with van der Waals surface area (Å²) in [5, 5.41) is 0. The van der Waals surface area contributed by atoms with Gasteiger partial charge < -0.3 is 10.5 Å². The Morgan fingerprint density at radius 1 is 0.828 bits per heavy atom. The molecule has 0 atom stereocenters. The van der Waals surface area contributed by atoms with Crippen molar-refractivity contribution in [3.8, 4) is 39.7 Å². The molecule has 3 aromatic heterocycles. The molecule has 0 amide bonds. The summed E-state index contributed by atoms with van der Waals surface area (Å²) >= 11 is 0. The fourth-order valence-corrected chi connectivity index (χ4v) is 3.05. The number of methoxy groups -OCH3 is 1. The Morgan fingerprint density at radius 3 is 2.34 bits per heavy atom. The molecular formula is C23H21N5O. The molecule has 1 aromatic carbocycles. The number of aromatic nitrogens is 4. The second-order valence-corrected chi connectivity index (χ2v) is 6.63. The van der Waals surface area contributed by atoms with E-state index in [1.54, 1.807) is 13.3 Å². The molecule has 6 nitrogen and oxygen atoms in total. The van der Waals surface area contributed by atoms with Gasteiger partial charge in [-0.1, -0.05) is 18.2 Å². The van der Waals surface area contributed by atoms with Crippen molar-refractivity contribution in [3.63, 3.8) is 0 Å². The van der Waals surface area contributed by atoms with Gasteiger partial charge >= 0.3 is 0 Å². The Kier molecular flexibility index (Phi) is 5.27. The van der Waals surface area contributed by atoms with Crippen LogP contribution < -0.4 is 10.5 Å². The van der Waals surface area contributed by atoms with Crippen LogP contribution in [-0.4, -0.2) is 27.0 Å². The largest absolute Gasteiger partial charge is 0.497 e. The summed E-state index contributed by atoms with van der Waals surface area (Å²) in [6.07, 6.45) is 3.63. The van der Waals surface area contributed by atoms with E-state index in [4.69, 9.17) is 15.5 Å². The SMILES string of the molecule is COc1ccc(-c2cncc(-c3cc(CN)nc(-c4cccc(C)n4)n3)c2)cc1. The van der Waals surface area contributed by atoms with Crippen molar-refractivity contribution in [2.24, 2.45) is 5.73 Å². The minimum Gasteiger partial charge on any atom is -0.497 e. The molecule has 29 heavy (non-hydrogen) atoms. The third-order valence-corrected chi connectivity index (χ3v) is 4.56. The van der Waals surface area contributed by atoms with Crippen molar-refractivity contribution in [3.05, 3.63) is 78.4 Å². The van der Waals surface area contributed by atoms with E-state index in [9.17, 15) is 0 Å². The molecule has 6 heteroatoms. The molecule has 0 saturated carbocycles. The number of hydrogen-bond acceptors (Lipinski definition) is 6. The first-order valence-corrected chi connectivity index (χ1v) is 9.28. The van der Waals surface area contributed by atoms with E-state index in [0.717, 1.165) is 45.2 Å². The second kappa shape index (κ2) is 8.16. The minimum atomic E-state index is 0.319. The summed E-state index contributed by atoms with van der Waals surface area (Å²) < 4.78 is 5.24. The lowest BCUT2D eigenvalue weighted by molar-refractivity contribution is 0.415. The van der Waals surface area contributed by atoms with Crippen molar-refractivity contribution in [1.29, 1.82) is 0 Å². The molecule has 0 fully saturated rings. The average Bonchev–Trinajstić information content (AvgIpc) is 2.79. The van der Waals surface area contributed by atoms with E-state index in [1.807, 2.05) is 61.7 Å². The molecular weight excluding hydrogens is 362 g/mol. The van der Waals surface area contributed by atoms with Crippen LogP contribution in [0.5, 0.6) is 5.75 Å². The summed E-state index contributed by atoms with van der Waals surface area (Å²) in [4.78, 5) is 18.2. The zero-order valence-electron chi connectivity index (χ0n) is 16.3. The summed E-state index contributed by atoms with van der Waals surface area (Å²) in [6, 6.07) is 17.6. The summed E-state index contributed by atoms with van der Waals surface area (Å²) in [7, 11) is 1.65. The molecule has 0 spiro atoms. The average molecular weight is 383 g/mol. The molecule has 0 bridgehead atoms. The quantitative estimate of drug-likeness (QED) is 0.560. The molecule has 3 heterocycles. The molecule has 0 radical (unpaired) electrons. The van der Waals surface area contributed by atoms with Gasteiger partial charge in [0.1, 0.15) is 11.4 Å². The van der Waals surface area contributed by atoms with Gasteiger partial charge in [-0.15, -0.1) is 0 Å². The molecule has 0 saturated heterocycles. The van der Waals surface area contributed by atoms with E-state index in [1.165, 1.54) is 0 Å². The van der Waals surface area contributed by atoms with Gasteiger partial charge in [-0.05, 0) is 48.9 Å². The maximum atomic E-state index is 5.88. The Morgan fingerprint density at radius 2 is 1.62 bits per heavy atom. The normalized spacial score (nSPS) is 10.7. The van der Waals surface area contributed by atoms with Gasteiger partial charge in [0, 0.05) is 35.8 Å². The molecule has 0 aliphatic heterocycles. The smallest absolute Gasteiger partial charge is 0.179 e. The summed E-state index contributed by atoms with van der Waals surface area (Å²) in [6.45, 7) is 2.26. The second-order valence-electron chi connectivity index (χ2n) is 6.63. The van der Waals surface area contributed by atoms with E-state index in [-0.39, 0.29) is 0 Å². The molecule has 0 aliphatic carbocycles. The van der Waals surface area contributed by atoms with Crippen molar-refractivity contribution in [2.45, 2.75) is 13.5 Å². The molecule has 0 aliphatic rings. The van der Waals surface area contributed by atoms with Gasteiger partial charge in [-0.25, -0.2) is 15.0 Å². The maximum absolute atomic E-state index is 5.88. The lowest BCUT2D eigenvalue weighted by Gasteiger charge is -2.09. The minimum absolute atomic E-state index is 0.319. The predicted molar refractivity (Wildman–Crippen MR) is 113 cm³/mol. The van der Waals surface area contributed by atoms with Gasteiger partial charge in [0.25, 0.3) is 0 Å². The number of rotatable bonds is 5. The van der Waals surface area contributed by atoms with Gasteiger partial charge in [0.15, 0.2) is 5.82 Å². The van der Waals surface area contributed by atoms with Gasteiger partial charge in [0.05, 0.1) is 18.5 Å². The zero-order valence-corrected chi connectivity index (χ0v) is 16.3. The zero-order chi connectivity index (χ0) is 20.2. The molecule has 2 N–H and O–H groups in total. The maximum Gasteiger partial charge on any atom is 0.179 e. The number of nitrogens with zero attached hydrogens (tertiary/aromatic N) is 4. The van der Waals surface area contributed by atoms with Crippen molar-refractivity contribution < 1.29 is 4.74 Å². The van der Waals surface area contributed by atoms with Crippen molar-refractivity contribution in [1.82, 2.24) is 19.9 Å². The first-order chi connectivity index (χ1) is 14.2. The van der Waals surface area contributed by atoms with Crippen LogP contribution in [0.25, 0.3) is 33.9 Å². The van der Waals surface area contributed by atoms with E-state index in [2.05, 4.69) is 21.0 Å². The van der Waals surface area contributed by atoms with Gasteiger partial charge in [-0.3, -0.25) is 4.98 Å². The lowest BCUT2D eigenvalue weighted by Crippen LogP contribution is -2.04. The number of hydrogen-bond donors (Lipinski definition) is 1. The highest BCUT2D eigenvalue weighted by Gasteiger charge is 2.11. The standard InChI is InChI=1S/C23H21N5O/c1-15-4-3-5-21(26-15)23-27-19(12-24)11-22(28-23)18-10-17(13-25-14-18)16-6-8-20(29-2)9-7-16/h3-11,13-14H,12,24H2,1-2H3. The van der Waals surface area contributed by atoms with Crippen molar-refractivity contribution in [2.75, 3.05) is 7.11 Å². The Labute approximate surface area is 169 Å². The third-order valence-electron chi connectivity index (χ3n) is 4.56. The highest BCUT2D eigenvalue weighted by molar-refractivity contribution is 5.71. The number of nitrogens with two attached hydrogens (primary N) is 1. The van der Waals surface area contributed by atoms with Crippen molar-refractivity contribution >= 4 is 0 Å². The monoisotopic (exact) mass is 383 g/mol. The van der Waals surface area contributed by atoms with Crippen LogP contribution in [0.15, 0.2) is 67.0 Å². The van der Waals surface area contributed by atoms with E-state index < -0.39 is 0 Å². The first-order valence-electron chi connectivity index (χ1n) is 9.28. The highest BCUT2D eigenvalue weighted by Crippen LogP contribution is 2.27. The Bertz CT molecular complexity index is 1140. The highest BCUT2D eigenvalue weighted by atomic mass is 16.5. The summed E-state index contributed by atoms with van der Waals surface area (Å²) in [5.41, 5.74) is 12.0. The number of pyridine rings is 2. The Hall–Kier alpha value is -3.64. The topological polar surface area (TPSA) is 86.8 Å². The molecule has 4 rings (SSSR count). The van der Waals surface area contributed by atoms with Crippen LogP contribution in [-0.2, 0) is 6.54 Å². The van der Waals surface area contributed by atoms with Crippen LogP contribution in [0.4, 0.5) is 0 Å². The fraction of sp³-hybridized carbons (Fsp3) is 0.130. The first kappa shape index (κ1) is 18.7. The van der Waals surface area contributed by atoms with Gasteiger partial charge in [0.2, 0.25) is 0 Å². The summed E-state index contributed by atoms with van der Waals surface area (Å²) in [5.74, 6) is 1.37. The Balaban J connectivity index is 1.77. The van der Waals surface area contributed by atoms with Crippen LogP contribution >= 0.6 is 0 Å². The van der Waals surface area contributed by atoms with Crippen LogP contribution in [0.1, 0.15) is 11.4 Å². The number of aryl methyl sites for hydroxylation is 1. The van der Waals surface area contributed by atoms with Crippen LogP contribution in [0.2, 0.25) is 0 Å². The predicted octanol–water partition coefficient (Wildman–Crippen LogP) is 4.04. The molecule has 144 valence electrons. The lowest BCUT2D eigenvalue weighted by atomic mass is 10.0. The third kappa shape index (κ3) is 4.12. The number of benzene rings is 1.